The summed E-state index contributed by atoms with van der Waals surface area (Å²) in [5.41, 5.74) is 1.75. The highest BCUT2D eigenvalue weighted by Crippen LogP contribution is 2.44. The molecule has 27 heavy (non-hydrogen) atoms. The van der Waals surface area contributed by atoms with Crippen molar-refractivity contribution in [1.82, 2.24) is 14.4 Å². The van der Waals surface area contributed by atoms with E-state index in [9.17, 15) is 13.6 Å². The van der Waals surface area contributed by atoms with Gasteiger partial charge in [0.15, 0.2) is 0 Å². The third kappa shape index (κ3) is 3.36. The molecule has 2 fully saturated rings. The fourth-order valence-corrected chi connectivity index (χ4v) is 4.72. The molecule has 0 spiro atoms. The summed E-state index contributed by atoms with van der Waals surface area (Å²) in [7, 11) is 2.12. The number of hydrogen-bond donors (Lipinski definition) is 0. The van der Waals surface area contributed by atoms with E-state index in [1.165, 1.54) is 11.6 Å². The number of hydrogen-bond acceptors (Lipinski definition) is 2. The molecule has 2 aromatic rings. The Morgan fingerprint density at radius 3 is 2.44 bits per heavy atom. The van der Waals surface area contributed by atoms with Crippen LogP contribution in [-0.2, 0) is 0 Å². The van der Waals surface area contributed by atoms with Crippen molar-refractivity contribution < 1.29 is 13.6 Å². The van der Waals surface area contributed by atoms with Gasteiger partial charge in [0.2, 0.25) is 0 Å². The quantitative estimate of drug-likeness (QED) is 0.786. The molecule has 4 nitrogen and oxygen atoms in total. The minimum absolute atomic E-state index is 0. The number of carbonyl (C=O) groups excluding carboxylic acids is 1. The third-order valence-electron chi connectivity index (χ3n) is 5.86. The van der Waals surface area contributed by atoms with Crippen molar-refractivity contribution in [2.75, 3.05) is 26.7 Å². The van der Waals surface area contributed by atoms with Crippen molar-refractivity contribution in [2.45, 2.75) is 19.5 Å². The van der Waals surface area contributed by atoms with Crippen LogP contribution in [0.3, 0.4) is 0 Å². The third-order valence-corrected chi connectivity index (χ3v) is 5.86. The zero-order valence-corrected chi connectivity index (χ0v) is 16.2. The second kappa shape index (κ2) is 7.60. The van der Waals surface area contributed by atoms with E-state index in [4.69, 9.17) is 0 Å². The maximum atomic E-state index is 13.3. The van der Waals surface area contributed by atoms with E-state index < -0.39 is 6.55 Å². The van der Waals surface area contributed by atoms with E-state index in [2.05, 4.69) is 24.1 Å². The van der Waals surface area contributed by atoms with E-state index >= 15 is 0 Å². The SMILES string of the molecule is Cc1ccc(C(=O)N2C[C@@H]3CN(C)[C@@H](c4ccccc4)[C@@H]3C2)n1C(F)F.Cl. The Kier molecular flexibility index (Phi) is 5.58. The van der Waals surface area contributed by atoms with Crippen LogP contribution in [0.2, 0.25) is 0 Å². The molecule has 7 heteroatoms. The first kappa shape index (κ1) is 19.8. The van der Waals surface area contributed by atoms with Gasteiger partial charge in [0, 0.05) is 37.3 Å². The van der Waals surface area contributed by atoms with Crippen LogP contribution < -0.4 is 0 Å². The van der Waals surface area contributed by atoms with E-state index in [0.29, 0.717) is 30.6 Å². The number of alkyl halides is 2. The molecule has 0 saturated carbocycles. The lowest BCUT2D eigenvalue weighted by Gasteiger charge is -2.27. The van der Waals surface area contributed by atoms with Crippen LogP contribution in [0, 0.1) is 18.8 Å². The van der Waals surface area contributed by atoms with Crippen LogP contribution in [0.15, 0.2) is 42.5 Å². The Morgan fingerprint density at radius 2 is 1.78 bits per heavy atom. The lowest BCUT2D eigenvalue weighted by Crippen LogP contribution is -2.34. The number of halogens is 3. The Labute approximate surface area is 164 Å². The Bertz CT molecular complexity index is 811. The molecule has 1 amide bonds. The molecule has 3 heterocycles. The van der Waals surface area contributed by atoms with E-state index in [-0.39, 0.29) is 30.0 Å². The first-order valence-corrected chi connectivity index (χ1v) is 8.98. The monoisotopic (exact) mass is 395 g/mol. The highest BCUT2D eigenvalue weighted by Gasteiger charge is 2.47. The molecular weight excluding hydrogens is 372 g/mol. The van der Waals surface area contributed by atoms with Gasteiger partial charge in [0.25, 0.3) is 5.91 Å². The summed E-state index contributed by atoms with van der Waals surface area (Å²) in [6, 6.07) is 13.7. The van der Waals surface area contributed by atoms with Crippen LogP contribution in [0.25, 0.3) is 0 Å². The first-order valence-electron chi connectivity index (χ1n) is 8.98. The van der Waals surface area contributed by atoms with Crippen molar-refractivity contribution in [2.24, 2.45) is 11.8 Å². The van der Waals surface area contributed by atoms with Gasteiger partial charge in [-0.05, 0) is 37.6 Å². The topological polar surface area (TPSA) is 28.5 Å². The molecule has 2 aliphatic rings. The molecule has 1 aromatic heterocycles. The second-order valence-electron chi connectivity index (χ2n) is 7.44. The molecule has 0 bridgehead atoms. The van der Waals surface area contributed by atoms with Gasteiger partial charge in [0.05, 0.1) is 0 Å². The molecule has 146 valence electrons. The predicted octanol–water partition coefficient (Wildman–Crippen LogP) is 3.99. The summed E-state index contributed by atoms with van der Waals surface area (Å²) in [5, 5.41) is 0. The fourth-order valence-electron chi connectivity index (χ4n) is 4.72. The maximum Gasteiger partial charge on any atom is 0.319 e. The van der Waals surface area contributed by atoms with Gasteiger partial charge < -0.3 is 4.90 Å². The van der Waals surface area contributed by atoms with Crippen LogP contribution in [0.1, 0.15) is 34.3 Å². The van der Waals surface area contributed by atoms with Crippen LogP contribution in [0.5, 0.6) is 0 Å². The Hall–Kier alpha value is -1.92. The van der Waals surface area contributed by atoms with Gasteiger partial charge in [0.1, 0.15) is 5.69 Å². The molecule has 0 N–H and O–H groups in total. The minimum atomic E-state index is -2.70. The number of fused-ring (bicyclic) bond motifs is 1. The molecule has 0 aliphatic carbocycles. The van der Waals surface area contributed by atoms with Gasteiger partial charge in [-0.2, -0.15) is 8.78 Å². The molecule has 4 rings (SSSR count). The Morgan fingerprint density at radius 1 is 1.07 bits per heavy atom. The van der Waals surface area contributed by atoms with Gasteiger partial charge in [-0.25, -0.2) is 0 Å². The molecule has 2 saturated heterocycles. The summed E-state index contributed by atoms with van der Waals surface area (Å²) < 4.78 is 27.5. The number of benzene rings is 1. The zero-order valence-electron chi connectivity index (χ0n) is 15.4. The average Bonchev–Trinajstić information content (AvgIpc) is 3.26. The lowest BCUT2D eigenvalue weighted by molar-refractivity contribution is 0.0557. The lowest BCUT2D eigenvalue weighted by atomic mass is 9.90. The number of aromatic nitrogens is 1. The second-order valence-corrected chi connectivity index (χ2v) is 7.44. The highest BCUT2D eigenvalue weighted by molar-refractivity contribution is 5.93. The molecule has 0 radical (unpaired) electrons. The molecule has 1 aromatic carbocycles. The van der Waals surface area contributed by atoms with Gasteiger partial charge >= 0.3 is 6.55 Å². The van der Waals surface area contributed by atoms with Crippen molar-refractivity contribution in [3.05, 3.63) is 59.4 Å². The van der Waals surface area contributed by atoms with E-state index in [1.807, 2.05) is 18.2 Å². The number of rotatable bonds is 3. The van der Waals surface area contributed by atoms with Crippen molar-refractivity contribution in [3.63, 3.8) is 0 Å². The number of nitrogens with zero attached hydrogens (tertiary/aromatic N) is 3. The summed E-state index contributed by atoms with van der Waals surface area (Å²) in [5.74, 6) is 0.426. The number of aryl methyl sites for hydroxylation is 1. The summed E-state index contributed by atoms with van der Waals surface area (Å²) in [6.45, 7) is 1.06. The standard InChI is InChI=1S/C20H23F2N3O.ClH/c1-13-8-9-17(25(13)20(21)22)19(26)24-11-15-10-23(2)18(16(15)12-24)14-6-4-3-5-7-14;/h3-9,15-16,18,20H,10-12H2,1-2H3;1H/t15-,16+,18-;/m0./s1. The first-order chi connectivity index (χ1) is 12.5. The van der Waals surface area contributed by atoms with Crippen molar-refractivity contribution in [3.8, 4) is 0 Å². The number of amides is 1. The largest absolute Gasteiger partial charge is 0.337 e. The van der Waals surface area contributed by atoms with Gasteiger partial charge in [-0.1, -0.05) is 30.3 Å². The zero-order chi connectivity index (χ0) is 18.4. The molecule has 0 unspecified atom stereocenters. The Balaban J connectivity index is 0.00000210. The smallest absolute Gasteiger partial charge is 0.319 e. The molecular formula is C20H24ClF2N3O. The molecule has 3 atom stereocenters. The summed E-state index contributed by atoms with van der Waals surface area (Å²) in [4.78, 5) is 17.0. The van der Waals surface area contributed by atoms with Crippen LogP contribution in [0.4, 0.5) is 8.78 Å². The van der Waals surface area contributed by atoms with Crippen LogP contribution in [-0.4, -0.2) is 47.0 Å². The number of carbonyl (C=O) groups is 1. The number of likely N-dealkylation sites (tertiary alicyclic amines) is 2. The van der Waals surface area contributed by atoms with Crippen LogP contribution >= 0.6 is 12.4 Å². The fraction of sp³-hybridized carbons (Fsp3) is 0.450. The van der Waals surface area contributed by atoms with Gasteiger partial charge in [-0.3, -0.25) is 14.3 Å². The van der Waals surface area contributed by atoms with Crippen molar-refractivity contribution >= 4 is 18.3 Å². The molecule has 2 aliphatic heterocycles. The average molecular weight is 396 g/mol. The normalized spacial score (nSPS) is 24.9. The predicted molar refractivity (Wildman–Crippen MR) is 102 cm³/mol. The minimum Gasteiger partial charge on any atom is -0.337 e. The summed E-state index contributed by atoms with van der Waals surface area (Å²) >= 11 is 0. The van der Waals surface area contributed by atoms with Crippen molar-refractivity contribution in [1.29, 1.82) is 0 Å². The maximum absolute atomic E-state index is 13.3. The van der Waals surface area contributed by atoms with E-state index in [1.54, 1.807) is 17.9 Å². The van der Waals surface area contributed by atoms with Gasteiger partial charge in [-0.15, -0.1) is 12.4 Å². The summed E-state index contributed by atoms with van der Waals surface area (Å²) in [6.07, 6.45) is 0. The highest BCUT2D eigenvalue weighted by atomic mass is 35.5. The van der Waals surface area contributed by atoms with E-state index in [0.717, 1.165) is 11.1 Å².